The normalized spacial score (nSPS) is 11.9. The van der Waals surface area contributed by atoms with Crippen LogP contribution >= 0.6 is 0 Å². The molecule has 0 fully saturated rings. The van der Waals surface area contributed by atoms with Gasteiger partial charge in [-0.15, -0.1) is 0 Å². The summed E-state index contributed by atoms with van der Waals surface area (Å²) in [5.41, 5.74) is 7.79. The molecule has 4 rings (SSSR count). The molecule has 2 heterocycles. The average molecular weight is 622 g/mol. The molecular weight excluding hydrogens is 586 g/mol. The number of aryl methyl sites for hydroxylation is 4. The third-order valence-corrected chi connectivity index (χ3v) is 8.50. The molecule has 13 nitrogen and oxygen atoms in total. The molecule has 0 aliphatic carbocycles. The first-order chi connectivity index (χ1) is 20.9. The molecular formula is C30H35N7O6S. The summed E-state index contributed by atoms with van der Waals surface area (Å²) >= 11 is 0. The molecule has 0 unspecified atom stereocenters. The predicted octanol–water partition coefficient (Wildman–Crippen LogP) is 2.34. The molecule has 0 spiro atoms. The number of carbonyl (C=O) groups excluding carboxylic acids is 2. The quantitative estimate of drug-likeness (QED) is 0.136. The number of benzene rings is 2. The van der Waals surface area contributed by atoms with Gasteiger partial charge in [-0.3, -0.25) is 9.59 Å². The van der Waals surface area contributed by atoms with Gasteiger partial charge in [0.05, 0.1) is 24.1 Å². The number of nitrogens with zero attached hydrogens (tertiary/aromatic N) is 3. The Kier molecular flexibility index (Phi) is 9.96. The van der Waals surface area contributed by atoms with Crippen molar-refractivity contribution in [1.29, 1.82) is 0 Å². The Morgan fingerprint density at radius 1 is 1.14 bits per heavy atom. The summed E-state index contributed by atoms with van der Waals surface area (Å²) in [5, 5.41) is 5.94. The second kappa shape index (κ2) is 13.7. The molecule has 0 atom stereocenters. The number of ether oxygens (including phenoxy) is 1. The Hall–Kier alpha value is -4.82. The van der Waals surface area contributed by atoms with Crippen LogP contribution in [0.2, 0.25) is 0 Å². The van der Waals surface area contributed by atoms with Crippen molar-refractivity contribution >= 4 is 44.5 Å². The maximum absolute atomic E-state index is 13.5. The number of hydrogen-bond acceptors (Lipinski definition) is 9. The van der Waals surface area contributed by atoms with Gasteiger partial charge in [0.15, 0.2) is 11.7 Å². The van der Waals surface area contributed by atoms with Gasteiger partial charge >= 0.3 is 5.97 Å². The smallest absolute Gasteiger partial charge is 0.355 e. The highest BCUT2D eigenvalue weighted by Crippen LogP contribution is 2.24. The van der Waals surface area contributed by atoms with Gasteiger partial charge in [-0.2, -0.15) is 12.8 Å². The highest BCUT2D eigenvalue weighted by molar-refractivity contribution is 7.90. The van der Waals surface area contributed by atoms with E-state index in [-0.39, 0.29) is 10.5 Å². The molecule has 2 aromatic heterocycles. The molecule has 1 amide bonds. The molecule has 2 aromatic carbocycles. The fraction of sp³-hybridized carbons (Fsp3) is 0.300. The first-order valence-electron chi connectivity index (χ1n) is 13.8. The monoisotopic (exact) mass is 621 g/mol. The zero-order valence-corrected chi connectivity index (χ0v) is 25.7. The molecule has 0 saturated heterocycles. The van der Waals surface area contributed by atoms with E-state index in [0.29, 0.717) is 54.0 Å². The topological polar surface area (TPSA) is 191 Å². The van der Waals surface area contributed by atoms with E-state index in [2.05, 4.69) is 25.0 Å². The van der Waals surface area contributed by atoms with Crippen LogP contribution in [0.3, 0.4) is 0 Å². The summed E-state index contributed by atoms with van der Waals surface area (Å²) in [6, 6.07) is 8.67. The zero-order valence-electron chi connectivity index (χ0n) is 24.9. The van der Waals surface area contributed by atoms with Crippen molar-refractivity contribution in [2.45, 2.75) is 45.2 Å². The van der Waals surface area contributed by atoms with Crippen molar-refractivity contribution in [2.24, 2.45) is 10.1 Å². The van der Waals surface area contributed by atoms with Gasteiger partial charge in [0.1, 0.15) is 5.56 Å². The van der Waals surface area contributed by atoms with Gasteiger partial charge in [0.25, 0.3) is 15.9 Å². The molecule has 14 heteroatoms. The summed E-state index contributed by atoms with van der Waals surface area (Å²) < 4.78 is 36.7. The number of nitrogens with two attached hydrogens (primary N) is 1. The van der Waals surface area contributed by atoms with E-state index in [9.17, 15) is 22.8 Å². The van der Waals surface area contributed by atoms with Crippen LogP contribution in [-0.2, 0) is 32.6 Å². The first kappa shape index (κ1) is 32.1. The van der Waals surface area contributed by atoms with Crippen molar-refractivity contribution in [2.75, 3.05) is 25.5 Å². The van der Waals surface area contributed by atoms with E-state index in [4.69, 9.17) is 10.5 Å². The fourth-order valence-electron chi connectivity index (χ4n) is 4.99. The second-order valence-electron chi connectivity index (χ2n) is 10.3. The molecule has 0 aliphatic rings. The number of hydrogen-bond donors (Lipinski definition) is 4. The summed E-state index contributed by atoms with van der Waals surface area (Å²) in [7, 11) is -3.26. The van der Waals surface area contributed by atoms with E-state index < -0.39 is 39.6 Å². The highest BCUT2D eigenvalue weighted by Gasteiger charge is 2.24. The fourth-order valence-corrected chi connectivity index (χ4v) is 6.44. The summed E-state index contributed by atoms with van der Waals surface area (Å²) in [6.07, 6.45) is 5.35. The molecule has 4 aromatic rings. The molecule has 0 radical (unpaired) electrons. The number of carbonyl (C=O) groups is 2. The largest absolute Gasteiger partial charge is 0.464 e. The zero-order chi connectivity index (χ0) is 32.0. The number of H-pyrrole nitrogens is 1. The van der Waals surface area contributed by atoms with Gasteiger partial charge < -0.3 is 30.7 Å². The number of amides is 1. The molecule has 0 saturated carbocycles. The van der Waals surface area contributed by atoms with Gasteiger partial charge in [0, 0.05) is 37.1 Å². The van der Waals surface area contributed by atoms with Crippen LogP contribution in [0.5, 0.6) is 0 Å². The van der Waals surface area contributed by atoms with Crippen LogP contribution in [0.1, 0.15) is 39.0 Å². The van der Waals surface area contributed by atoms with Crippen LogP contribution in [0.25, 0.3) is 10.9 Å². The SMILES string of the molecule is COC(=O)/C(CNC(=O)c1cn(CCCN)c2cc(CNc3ncc[nH]3)ccc2c1=O)=N/S(=O)(=O)c1c(C)cc(C)cc1C. The highest BCUT2D eigenvalue weighted by atomic mass is 32.2. The van der Waals surface area contributed by atoms with Crippen LogP contribution in [0, 0.1) is 20.8 Å². The first-order valence-corrected chi connectivity index (χ1v) is 15.3. The number of anilines is 1. The number of aromatic amines is 1. The number of esters is 1. The summed E-state index contributed by atoms with van der Waals surface area (Å²) in [4.78, 5) is 46.3. The lowest BCUT2D eigenvalue weighted by Crippen LogP contribution is -2.37. The van der Waals surface area contributed by atoms with Crippen molar-refractivity contribution in [1.82, 2.24) is 19.9 Å². The number of nitrogens with one attached hydrogen (secondary N) is 3. The van der Waals surface area contributed by atoms with E-state index in [1.54, 1.807) is 55.1 Å². The number of pyridine rings is 1. The predicted molar refractivity (Wildman–Crippen MR) is 167 cm³/mol. The number of sulfonamides is 1. The third kappa shape index (κ3) is 7.21. The Bertz CT molecular complexity index is 1870. The van der Waals surface area contributed by atoms with Gasteiger partial charge in [-0.1, -0.05) is 23.8 Å². The van der Waals surface area contributed by atoms with Crippen molar-refractivity contribution in [3.8, 4) is 0 Å². The van der Waals surface area contributed by atoms with Gasteiger partial charge in [-0.25, -0.2) is 9.78 Å². The number of rotatable bonds is 12. The van der Waals surface area contributed by atoms with Crippen molar-refractivity contribution < 1.29 is 22.7 Å². The Labute approximate surface area is 254 Å². The van der Waals surface area contributed by atoms with Gasteiger partial charge in [0.2, 0.25) is 5.43 Å². The summed E-state index contributed by atoms with van der Waals surface area (Å²) in [5.74, 6) is -1.24. The summed E-state index contributed by atoms with van der Waals surface area (Å²) in [6.45, 7) is 5.78. The van der Waals surface area contributed by atoms with E-state index in [0.717, 1.165) is 18.2 Å². The van der Waals surface area contributed by atoms with E-state index in [1.807, 2.05) is 13.0 Å². The van der Waals surface area contributed by atoms with Crippen LogP contribution < -0.4 is 21.8 Å². The Morgan fingerprint density at radius 3 is 2.50 bits per heavy atom. The Morgan fingerprint density at radius 2 is 1.86 bits per heavy atom. The molecule has 0 bridgehead atoms. The van der Waals surface area contributed by atoms with Crippen LogP contribution in [0.15, 0.2) is 63.0 Å². The minimum Gasteiger partial charge on any atom is -0.464 e. The molecule has 44 heavy (non-hydrogen) atoms. The molecule has 232 valence electrons. The number of imidazole rings is 1. The van der Waals surface area contributed by atoms with Crippen molar-refractivity contribution in [3.05, 3.63) is 87.0 Å². The average Bonchev–Trinajstić information content (AvgIpc) is 3.50. The van der Waals surface area contributed by atoms with E-state index in [1.165, 1.54) is 6.20 Å². The number of methoxy groups -OCH3 is 1. The van der Waals surface area contributed by atoms with E-state index >= 15 is 0 Å². The van der Waals surface area contributed by atoms with Crippen molar-refractivity contribution in [3.63, 3.8) is 0 Å². The lowest BCUT2D eigenvalue weighted by atomic mass is 10.1. The van der Waals surface area contributed by atoms with Crippen LogP contribution in [-0.4, -0.2) is 60.7 Å². The van der Waals surface area contributed by atoms with Gasteiger partial charge in [-0.05, 0) is 62.6 Å². The second-order valence-corrected chi connectivity index (χ2v) is 11.8. The minimum absolute atomic E-state index is 0.0353. The third-order valence-electron chi connectivity index (χ3n) is 6.88. The van der Waals surface area contributed by atoms with Crippen LogP contribution in [0.4, 0.5) is 5.95 Å². The maximum Gasteiger partial charge on any atom is 0.355 e. The lowest BCUT2D eigenvalue weighted by Gasteiger charge is -2.15. The number of fused-ring (bicyclic) bond motifs is 1. The number of aromatic nitrogens is 3. The lowest BCUT2D eigenvalue weighted by molar-refractivity contribution is -0.132. The minimum atomic E-state index is -4.34. The Balaban J connectivity index is 1.65. The molecule has 5 N–H and O–H groups in total. The molecule has 0 aliphatic heterocycles. The maximum atomic E-state index is 13.5. The standard InChI is InChI=1S/C30H35N7O6S/c1-18-12-19(2)27(20(3)13-18)44(41,42)36-24(29(40)43-4)16-34-28(39)23-17-37(11-5-8-31)25-14-21(6-7-22(25)26(23)38)15-35-30-32-9-10-33-30/h6-7,9-10,12-14,17H,5,8,11,15-16,31H2,1-4H3,(H,34,39)(H2,32,33,35)/b36-24+.